The molecule has 0 aromatic heterocycles. The number of hydrogen-bond acceptors (Lipinski definition) is 1. The Morgan fingerprint density at radius 3 is 1.97 bits per heavy atom. The van der Waals surface area contributed by atoms with Crippen LogP contribution < -0.4 is 0 Å². The molecule has 0 atom stereocenters. The molecule has 0 saturated heterocycles. The minimum absolute atomic E-state index is 0.0211. The lowest BCUT2D eigenvalue weighted by Crippen LogP contribution is -2.40. The van der Waals surface area contributed by atoms with E-state index in [-0.39, 0.29) is 17.8 Å². The summed E-state index contributed by atoms with van der Waals surface area (Å²) in [6, 6.07) is 0. The fourth-order valence-electron chi connectivity index (χ4n) is 6.16. The topological polar surface area (TPSA) is 37.3 Å². The molecule has 0 aliphatic heterocycles. The molecule has 2 fully saturated rings. The monoisotopic (exact) mass is 414 g/mol. The van der Waals surface area contributed by atoms with E-state index in [9.17, 15) is 18.7 Å². The molecule has 2 aliphatic carbocycles. The molecule has 1 N–H and O–H groups in total. The van der Waals surface area contributed by atoms with E-state index in [2.05, 4.69) is 6.92 Å². The maximum Gasteiger partial charge on any atom is 0.306 e. The number of hydrogen-bond donors (Lipinski definition) is 1. The number of aliphatic carboxylic acids is 1. The SMILES string of the molecule is CCCCCCCCCCC1CCC([C@]2(CC(F)F)CC[C@@H](C(=O)O)CC2)CC1. The lowest BCUT2D eigenvalue weighted by molar-refractivity contribution is -0.144. The van der Waals surface area contributed by atoms with Crippen LogP contribution in [-0.4, -0.2) is 17.5 Å². The van der Waals surface area contributed by atoms with Crippen molar-refractivity contribution in [1.82, 2.24) is 0 Å². The summed E-state index contributed by atoms with van der Waals surface area (Å²) >= 11 is 0. The molecule has 2 rings (SSSR count). The van der Waals surface area contributed by atoms with Crippen LogP contribution in [-0.2, 0) is 4.79 Å². The third-order valence-electron chi connectivity index (χ3n) is 8.07. The van der Waals surface area contributed by atoms with Gasteiger partial charge in [-0.15, -0.1) is 0 Å². The number of alkyl halides is 2. The van der Waals surface area contributed by atoms with Crippen molar-refractivity contribution in [3.63, 3.8) is 0 Å². The Morgan fingerprint density at radius 1 is 0.897 bits per heavy atom. The summed E-state index contributed by atoms with van der Waals surface area (Å²) in [6.45, 7) is 2.26. The maximum absolute atomic E-state index is 13.4. The molecule has 0 unspecified atom stereocenters. The summed E-state index contributed by atoms with van der Waals surface area (Å²) in [5, 5.41) is 9.26. The zero-order valence-electron chi connectivity index (χ0n) is 18.6. The van der Waals surface area contributed by atoms with Gasteiger partial charge in [-0.05, 0) is 55.8 Å². The summed E-state index contributed by atoms with van der Waals surface area (Å²) < 4.78 is 26.7. The van der Waals surface area contributed by atoms with Crippen LogP contribution in [0.3, 0.4) is 0 Å². The first-order valence-electron chi connectivity index (χ1n) is 12.5. The van der Waals surface area contributed by atoms with E-state index in [1.807, 2.05) is 0 Å². The van der Waals surface area contributed by atoms with Crippen molar-refractivity contribution in [3.8, 4) is 0 Å². The Morgan fingerprint density at radius 2 is 1.45 bits per heavy atom. The smallest absolute Gasteiger partial charge is 0.306 e. The summed E-state index contributed by atoms with van der Waals surface area (Å²) in [6.07, 6.45) is 16.9. The average Bonchev–Trinajstić information content (AvgIpc) is 2.70. The lowest BCUT2D eigenvalue weighted by Gasteiger charge is -2.47. The third kappa shape index (κ3) is 8.17. The Labute approximate surface area is 177 Å². The fourth-order valence-corrected chi connectivity index (χ4v) is 6.16. The minimum Gasteiger partial charge on any atom is -0.481 e. The molecule has 2 nitrogen and oxygen atoms in total. The molecule has 0 bridgehead atoms. The van der Waals surface area contributed by atoms with Crippen LogP contribution >= 0.6 is 0 Å². The average molecular weight is 415 g/mol. The Hall–Kier alpha value is -0.670. The number of halogens is 2. The van der Waals surface area contributed by atoms with Crippen LogP contribution in [0.4, 0.5) is 8.78 Å². The van der Waals surface area contributed by atoms with Crippen LogP contribution in [0.25, 0.3) is 0 Å². The first kappa shape index (κ1) is 24.6. The number of rotatable bonds is 13. The van der Waals surface area contributed by atoms with E-state index in [0.717, 1.165) is 18.8 Å². The molecule has 29 heavy (non-hydrogen) atoms. The molecule has 0 radical (unpaired) electrons. The van der Waals surface area contributed by atoms with Crippen LogP contribution in [0.2, 0.25) is 0 Å². The van der Waals surface area contributed by atoms with Crippen molar-refractivity contribution in [2.24, 2.45) is 23.2 Å². The highest BCUT2D eigenvalue weighted by Crippen LogP contribution is 2.53. The highest BCUT2D eigenvalue weighted by molar-refractivity contribution is 5.70. The standard InChI is InChI=1S/C25H44F2O2/c1-2-3-4-5-6-7-8-9-10-20-11-13-22(14-12-20)25(19-23(26)27)17-15-21(16-18-25)24(28)29/h20-23H,2-19H2,1H3,(H,28,29)/t20?,21-,22?,25-. The summed E-state index contributed by atoms with van der Waals surface area (Å²) in [7, 11) is 0. The predicted molar refractivity (Wildman–Crippen MR) is 115 cm³/mol. The highest BCUT2D eigenvalue weighted by atomic mass is 19.3. The third-order valence-corrected chi connectivity index (χ3v) is 8.07. The first-order valence-corrected chi connectivity index (χ1v) is 12.5. The van der Waals surface area contributed by atoms with Gasteiger partial charge in [0.15, 0.2) is 0 Å². The van der Waals surface area contributed by atoms with Gasteiger partial charge in [0.2, 0.25) is 6.43 Å². The second kappa shape index (κ2) is 12.9. The van der Waals surface area contributed by atoms with Crippen molar-refractivity contribution >= 4 is 5.97 Å². The van der Waals surface area contributed by atoms with Crippen LogP contribution in [0.1, 0.15) is 122 Å². The highest BCUT2D eigenvalue weighted by Gasteiger charge is 2.45. The van der Waals surface area contributed by atoms with Crippen molar-refractivity contribution in [1.29, 1.82) is 0 Å². The molecule has 0 amide bonds. The van der Waals surface area contributed by atoms with Crippen molar-refractivity contribution in [2.75, 3.05) is 0 Å². The van der Waals surface area contributed by atoms with Gasteiger partial charge < -0.3 is 5.11 Å². The van der Waals surface area contributed by atoms with E-state index in [0.29, 0.717) is 31.6 Å². The van der Waals surface area contributed by atoms with Crippen LogP contribution in [0, 0.1) is 23.2 Å². The van der Waals surface area contributed by atoms with Crippen molar-refractivity contribution in [2.45, 2.75) is 129 Å². The normalized spacial score (nSPS) is 30.6. The van der Waals surface area contributed by atoms with Gasteiger partial charge in [0.05, 0.1) is 5.92 Å². The van der Waals surface area contributed by atoms with Crippen molar-refractivity contribution < 1.29 is 18.7 Å². The quantitative estimate of drug-likeness (QED) is 0.308. The first-order chi connectivity index (χ1) is 14.0. The van der Waals surface area contributed by atoms with Crippen LogP contribution in [0.5, 0.6) is 0 Å². The minimum atomic E-state index is -2.27. The van der Waals surface area contributed by atoms with Gasteiger partial charge in [-0.2, -0.15) is 0 Å². The summed E-state index contributed by atoms with van der Waals surface area (Å²) in [5.74, 6) is 0.0928. The van der Waals surface area contributed by atoms with Crippen LogP contribution in [0.15, 0.2) is 0 Å². The number of carbonyl (C=O) groups is 1. The molecule has 0 aromatic carbocycles. The van der Waals surface area contributed by atoms with Gasteiger partial charge in [0.25, 0.3) is 0 Å². The largest absolute Gasteiger partial charge is 0.481 e. The maximum atomic E-state index is 13.4. The van der Waals surface area contributed by atoms with E-state index >= 15 is 0 Å². The second-order valence-electron chi connectivity index (χ2n) is 10.1. The van der Waals surface area contributed by atoms with Gasteiger partial charge in [0, 0.05) is 6.42 Å². The lowest BCUT2D eigenvalue weighted by atomic mass is 9.57. The molecule has 0 spiro atoms. The van der Waals surface area contributed by atoms with E-state index in [4.69, 9.17) is 0 Å². The van der Waals surface area contributed by atoms with E-state index < -0.39 is 12.4 Å². The summed E-state index contributed by atoms with van der Waals surface area (Å²) in [4.78, 5) is 11.3. The van der Waals surface area contributed by atoms with Gasteiger partial charge in [0.1, 0.15) is 0 Å². The molecular formula is C25H44F2O2. The fraction of sp³-hybridized carbons (Fsp3) is 0.960. The van der Waals surface area contributed by atoms with E-state index in [1.165, 1.54) is 70.6 Å². The molecule has 0 aromatic rings. The molecule has 0 heterocycles. The second-order valence-corrected chi connectivity index (χ2v) is 10.1. The summed E-state index contributed by atoms with van der Waals surface area (Å²) in [5.41, 5.74) is -0.302. The Bertz CT molecular complexity index is 450. The Kier molecular flexibility index (Phi) is 10.9. The zero-order valence-corrected chi connectivity index (χ0v) is 18.6. The zero-order chi connectivity index (χ0) is 21.1. The number of carboxylic acids is 1. The predicted octanol–water partition coefficient (Wildman–Crippen LogP) is 8.24. The van der Waals surface area contributed by atoms with E-state index in [1.54, 1.807) is 0 Å². The molecule has 170 valence electrons. The molecule has 4 heteroatoms. The number of carboxylic acid groups (broad SMARTS) is 1. The number of unbranched alkanes of at least 4 members (excludes halogenated alkanes) is 7. The van der Waals surface area contributed by atoms with Gasteiger partial charge in [-0.3, -0.25) is 4.79 Å². The van der Waals surface area contributed by atoms with Gasteiger partial charge in [-0.1, -0.05) is 77.6 Å². The molecular weight excluding hydrogens is 370 g/mol. The van der Waals surface area contributed by atoms with Gasteiger partial charge in [-0.25, -0.2) is 8.78 Å². The Balaban J connectivity index is 1.69. The molecule has 2 saturated carbocycles. The van der Waals surface area contributed by atoms with Crippen molar-refractivity contribution in [3.05, 3.63) is 0 Å². The molecule has 2 aliphatic rings. The van der Waals surface area contributed by atoms with Gasteiger partial charge >= 0.3 is 5.97 Å².